The predicted molar refractivity (Wildman–Crippen MR) is 110 cm³/mol. The highest BCUT2D eigenvalue weighted by atomic mass is 19.1. The second-order valence-electron chi connectivity index (χ2n) is 6.60. The van der Waals surface area contributed by atoms with Gasteiger partial charge in [-0.2, -0.15) is 5.26 Å². The second-order valence-corrected chi connectivity index (χ2v) is 6.60. The molecule has 2 heterocycles. The van der Waals surface area contributed by atoms with Gasteiger partial charge < -0.3 is 11.1 Å². The first-order chi connectivity index (χ1) is 14.6. The van der Waals surface area contributed by atoms with E-state index < -0.39 is 0 Å². The summed E-state index contributed by atoms with van der Waals surface area (Å²) in [6.45, 7) is 0.418. The monoisotopic (exact) mass is 402 g/mol. The van der Waals surface area contributed by atoms with Gasteiger partial charge in [-0.15, -0.1) is 0 Å². The maximum absolute atomic E-state index is 13.9. The fraction of sp³-hybridized carbons (Fsp3) is 0.0909. The molecule has 2 aromatic heterocycles. The standard InChI is InChI=1S/C22H16F2N6/c23-15-3-1-2-13(8-15)20-14(11-28-19-9-16(24)4-5-17(19)20)6-7-27-22-18(10-25)21(26)29-12-30-22/h1-5,8-9,11-12H,6-7H2,(H3,26,27,29,30). The van der Waals surface area contributed by atoms with Crippen molar-refractivity contribution < 1.29 is 8.78 Å². The Balaban J connectivity index is 1.71. The summed E-state index contributed by atoms with van der Waals surface area (Å²) in [5.41, 5.74) is 8.67. The first kappa shape index (κ1) is 19.2. The van der Waals surface area contributed by atoms with Crippen LogP contribution in [0.2, 0.25) is 0 Å². The van der Waals surface area contributed by atoms with Crippen LogP contribution >= 0.6 is 0 Å². The molecule has 3 N–H and O–H groups in total. The maximum Gasteiger partial charge on any atom is 0.149 e. The molecular formula is C22H16F2N6. The SMILES string of the molecule is N#Cc1c(N)ncnc1NCCc1cnc2cc(F)ccc2c1-c1cccc(F)c1. The Morgan fingerprint density at radius 2 is 1.87 bits per heavy atom. The largest absolute Gasteiger partial charge is 0.382 e. The fourth-order valence-electron chi connectivity index (χ4n) is 3.34. The minimum Gasteiger partial charge on any atom is -0.382 e. The third-order valence-electron chi connectivity index (χ3n) is 4.70. The number of nitrogens with two attached hydrogens (primary N) is 1. The number of fused-ring (bicyclic) bond motifs is 1. The first-order valence-electron chi connectivity index (χ1n) is 9.14. The molecule has 4 rings (SSSR count). The molecular weight excluding hydrogens is 386 g/mol. The first-order valence-corrected chi connectivity index (χ1v) is 9.14. The molecule has 0 unspecified atom stereocenters. The van der Waals surface area contributed by atoms with Gasteiger partial charge in [-0.1, -0.05) is 12.1 Å². The van der Waals surface area contributed by atoms with E-state index in [1.165, 1.54) is 30.6 Å². The lowest BCUT2D eigenvalue weighted by Gasteiger charge is -2.14. The van der Waals surface area contributed by atoms with Crippen LogP contribution in [0.25, 0.3) is 22.0 Å². The normalized spacial score (nSPS) is 10.7. The van der Waals surface area contributed by atoms with Gasteiger partial charge in [-0.25, -0.2) is 18.7 Å². The van der Waals surface area contributed by atoms with Crippen molar-refractivity contribution in [3.8, 4) is 17.2 Å². The smallest absolute Gasteiger partial charge is 0.149 e. The Labute approximate surface area is 171 Å². The molecule has 0 aliphatic heterocycles. The van der Waals surface area contributed by atoms with Crippen LogP contribution in [0.3, 0.4) is 0 Å². The number of rotatable bonds is 5. The number of benzene rings is 2. The van der Waals surface area contributed by atoms with Crippen LogP contribution in [0.1, 0.15) is 11.1 Å². The number of anilines is 2. The van der Waals surface area contributed by atoms with Crippen molar-refractivity contribution in [2.24, 2.45) is 0 Å². The van der Waals surface area contributed by atoms with Crippen LogP contribution in [0.4, 0.5) is 20.4 Å². The highest BCUT2D eigenvalue weighted by Crippen LogP contribution is 2.32. The fourth-order valence-corrected chi connectivity index (χ4v) is 3.34. The van der Waals surface area contributed by atoms with Crippen molar-refractivity contribution in [2.45, 2.75) is 6.42 Å². The minimum absolute atomic E-state index is 0.102. The van der Waals surface area contributed by atoms with E-state index in [-0.39, 0.29) is 23.0 Å². The summed E-state index contributed by atoms with van der Waals surface area (Å²) >= 11 is 0. The van der Waals surface area contributed by atoms with Crippen LogP contribution in [-0.4, -0.2) is 21.5 Å². The van der Waals surface area contributed by atoms with Crippen molar-refractivity contribution >= 4 is 22.5 Å². The molecule has 0 spiro atoms. The molecule has 0 amide bonds. The zero-order valence-corrected chi connectivity index (χ0v) is 15.7. The lowest BCUT2D eigenvalue weighted by molar-refractivity contribution is 0.628. The van der Waals surface area contributed by atoms with Gasteiger partial charge in [0.05, 0.1) is 5.52 Å². The lowest BCUT2D eigenvalue weighted by Crippen LogP contribution is -2.10. The van der Waals surface area contributed by atoms with Crippen LogP contribution in [-0.2, 0) is 6.42 Å². The summed E-state index contributed by atoms with van der Waals surface area (Å²) in [4.78, 5) is 12.2. The number of nitriles is 1. The Kier molecular flexibility index (Phi) is 5.18. The maximum atomic E-state index is 13.9. The number of nitrogen functional groups attached to an aromatic ring is 1. The molecule has 4 aromatic rings. The van der Waals surface area contributed by atoms with Crippen LogP contribution < -0.4 is 11.1 Å². The highest BCUT2D eigenvalue weighted by molar-refractivity contribution is 5.96. The molecule has 0 saturated carbocycles. The predicted octanol–water partition coefficient (Wildman–Crippen LogP) is 4.08. The van der Waals surface area contributed by atoms with Gasteiger partial charge in [-0.3, -0.25) is 4.98 Å². The van der Waals surface area contributed by atoms with E-state index in [0.29, 0.717) is 29.9 Å². The van der Waals surface area contributed by atoms with E-state index in [1.54, 1.807) is 24.4 Å². The molecule has 0 bridgehead atoms. The van der Waals surface area contributed by atoms with Crippen LogP contribution in [0.5, 0.6) is 0 Å². The van der Waals surface area contributed by atoms with Crippen molar-refractivity contribution in [3.63, 3.8) is 0 Å². The number of pyridine rings is 1. The Hall–Kier alpha value is -4.12. The molecule has 0 saturated heterocycles. The average molecular weight is 402 g/mol. The summed E-state index contributed by atoms with van der Waals surface area (Å²) in [5.74, 6) is -0.309. The van der Waals surface area contributed by atoms with Gasteiger partial charge in [0.1, 0.15) is 41.2 Å². The molecule has 0 aliphatic rings. The molecule has 0 fully saturated rings. The van der Waals surface area contributed by atoms with Crippen molar-refractivity contribution in [3.05, 3.63) is 77.8 Å². The molecule has 0 atom stereocenters. The lowest BCUT2D eigenvalue weighted by atomic mass is 9.94. The van der Waals surface area contributed by atoms with Gasteiger partial charge in [0.15, 0.2) is 0 Å². The second kappa shape index (κ2) is 8.09. The van der Waals surface area contributed by atoms with Gasteiger partial charge in [0.2, 0.25) is 0 Å². The van der Waals surface area contributed by atoms with E-state index in [2.05, 4.69) is 20.3 Å². The third kappa shape index (κ3) is 3.73. The zero-order valence-electron chi connectivity index (χ0n) is 15.7. The number of hydrogen-bond donors (Lipinski definition) is 2. The topological polar surface area (TPSA) is 101 Å². The minimum atomic E-state index is -0.389. The molecule has 2 aromatic carbocycles. The third-order valence-corrected chi connectivity index (χ3v) is 4.70. The van der Waals surface area contributed by atoms with E-state index >= 15 is 0 Å². The van der Waals surface area contributed by atoms with Crippen LogP contribution in [0, 0.1) is 23.0 Å². The van der Waals surface area contributed by atoms with Gasteiger partial charge in [-0.05, 0) is 47.4 Å². The van der Waals surface area contributed by atoms with E-state index in [0.717, 1.165) is 16.5 Å². The van der Waals surface area contributed by atoms with E-state index in [4.69, 9.17) is 5.73 Å². The van der Waals surface area contributed by atoms with Crippen molar-refractivity contribution in [1.82, 2.24) is 15.0 Å². The Morgan fingerprint density at radius 3 is 2.67 bits per heavy atom. The number of halogens is 2. The molecule has 6 nitrogen and oxygen atoms in total. The highest BCUT2D eigenvalue weighted by Gasteiger charge is 2.14. The average Bonchev–Trinajstić information content (AvgIpc) is 2.73. The molecule has 0 radical (unpaired) electrons. The molecule has 0 aliphatic carbocycles. The summed E-state index contributed by atoms with van der Waals surface area (Å²) in [7, 11) is 0. The Morgan fingerprint density at radius 1 is 1.03 bits per heavy atom. The number of nitrogens with one attached hydrogen (secondary N) is 1. The van der Waals surface area contributed by atoms with Crippen molar-refractivity contribution in [1.29, 1.82) is 5.26 Å². The van der Waals surface area contributed by atoms with Gasteiger partial charge >= 0.3 is 0 Å². The zero-order chi connectivity index (χ0) is 21.1. The number of nitrogens with zero attached hydrogens (tertiary/aromatic N) is 4. The number of hydrogen-bond acceptors (Lipinski definition) is 6. The van der Waals surface area contributed by atoms with E-state index in [1.807, 2.05) is 6.07 Å². The quantitative estimate of drug-likeness (QED) is 0.522. The molecule has 30 heavy (non-hydrogen) atoms. The molecule has 8 heteroatoms. The molecule has 148 valence electrons. The Bertz CT molecular complexity index is 1280. The summed E-state index contributed by atoms with van der Waals surface area (Å²) in [6.07, 6.45) is 3.44. The van der Waals surface area contributed by atoms with Crippen molar-refractivity contribution in [2.75, 3.05) is 17.6 Å². The summed E-state index contributed by atoms with van der Waals surface area (Å²) in [5, 5.41) is 13.1. The number of aromatic nitrogens is 3. The van der Waals surface area contributed by atoms with Crippen LogP contribution in [0.15, 0.2) is 55.0 Å². The van der Waals surface area contributed by atoms with E-state index in [9.17, 15) is 14.0 Å². The van der Waals surface area contributed by atoms with Gasteiger partial charge in [0, 0.05) is 24.2 Å². The van der Waals surface area contributed by atoms with Gasteiger partial charge in [0.25, 0.3) is 0 Å². The summed E-state index contributed by atoms with van der Waals surface area (Å²) in [6, 6.07) is 12.6. The summed E-state index contributed by atoms with van der Waals surface area (Å²) < 4.78 is 27.6.